The van der Waals surface area contributed by atoms with Gasteiger partial charge in [-0.25, -0.2) is 0 Å². The quantitative estimate of drug-likeness (QED) is 0.496. The van der Waals surface area contributed by atoms with Gasteiger partial charge in [0.25, 0.3) is 0 Å². The summed E-state index contributed by atoms with van der Waals surface area (Å²) in [5.74, 6) is 1.67. The van der Waals surface area contributed by atoms with E-state index in [2.05, 4.69) is 25.6 Å². The Kier molecular flexibility index (Phi) is 5.07. The molecule has 0 aliphatic carbocycles. The lowest BCUT2D eigenvalue weighted by molar-refractivity contribution is 0.122. The number of hydrogen-bond donors (Lipinski definition) is 4. The number of aromatic nitrogens is 3. The molecule has 0 spiro atoms. The molecular formula is C19H20N6O3. The first-order chi connectivity index (χ1) is 13.7. The maximum Gasteiger partial charge on any atom is 0.233 e. The molecule has 144 valence electrons. The third-order valence-corrected chi connectivity index (χ3v) is 4.16. The number of phenolic OH excluding ortho intramolecular Hbond substituents is 2. The predicted octanol–water partition coefficient (Wildman–Crippen LogP) is 2.61. The molecule has 0 atom stereocenters. The first kappa shape index (κ1) is 17.8. The Balaban J connectivity index is 1.63. The largest absolute Gasteiger partial charge is 0.508 e. The van der Waals surface area contributed by atoms with Crippen molar-refractivity contribution < 1.29 is 14.9 Å². The van der Waals surface area contributed by atoms with Crippen LogP contribution in [0.15, 0.2) is 48.5 Å². The van der Waals surface area contributed by atoms with Crippen molar-refractivity contribution in [1.29, 1.82) is 0 Å². The number of anilines is 5. The van der Waals surface area contributed by atoms with E-state index >= 15 is 0 Å². The van der Waals surface area contributed by atoms with E-state index in [0.717, 1.165) is 11.4 Å². The minimum atomic E-state index is 0.185. The Morgan fingerprint density at radius 3 is 1.64 bits per heavy atom. The van der Waals surface area contributed by atoms with Crippen molar-refractivity contribution in [3.05, 3.63) is 48.5 Å². The number of nitrogens with zero attached hydrogens (tertiary/aromatic N) is 4. The predicted molar refractivity (Wildman–Crippen MR) is 106 cm³/mol. The number of hydrogen-bond acceptors (Lipinski definition) is 9. The third-order valence-electron chi connectivity index (χ3n) is 4.16. The van der Waals surface area contributed by atoms with E-state index in [1.165, 1.54) is 0 Å². The molecule has 0 unspecified atom stereocenters. The lowest BCUT2D eigenvalue weighted by Crippen LogP contribution is -2.37. The van der Waals surface area contributed by atoms with E-state index in [9.17, 15) is 10.2 Å². The summed E-state index contributed by atoms with van der Waals surface area (Å²) in [5.41, 5.74) is 1.49. The minimum Gasteiger partial charge on any atom is -0.508 e. The first-order valence-corrected chi connectivity index (χ1v) is 8.87. The summed E-state index contributed by atoms with van der Waals surface area (Å²) in [6, 6.07) is 13.3. The maximum atomic E-state index is 9.45. The second-order valence-corrected chi connectivity index (χ2v) is 6.23. The van der Waals surface area contributed by atoms with Crippen LogP contribution in [0.3, 0.4) is 0 Å². The van der Waals surface area contributed by atoms with Gasteiger partial charge in [0.15, 0.2) is 0 Å². The van der Waals surface area contributed by atoms with E-state index < -0.39 is 0 Å². The van der Waals surface area contributed by atoms with Gasteiger partial charge >= 0.3 is 0 Å². The number of phenols is 2. The third kappa shape index (κ3) is 4.38. The highest BCUT2D eigenvalue weighted by molar-refractivity contribution is 5.60. The second-order valence-electron chi connectivity index (χ2n) is 6.23. The van der Waals surface area contributed by atoms with E-state index in [1.807, 2.05) is 4.90 Å². The molecule has 1 aromatic heterocycles. The summed E-state index contributed by atoms with van der Waals surface area (Å²) in [5, 5.41) is 25.2. The van der Waals surface area contributed by atoms with Gasteiger partial charge in [-0.3, -0.25) is 0 Å². The zero-order valence-electron chi connectivity index (χ0n) is 15.0. The molecule has 4 rings (SSSR count). The Bertz CT molecular complexity index is 862. The number of rotatable bonds is 5. The van der Waals surface area contributed by atoms with Gasteiger partial charge in [-0.2, -0.15) is 15.0 Å². The van der Waals surface area contributed by atoms with Crippen molar-refractivity contribution in [3.8, 4) is 11.5 Å². The molecule has 1 fully saturated rings. The molecule has 1 aliphatic heterocycles. The summed E-state index contributed by atoms with van der Waals surface area (Å²) >= 11 is 0. The Hall–Kier alpha value is -3.59. The average molecular weight is 380 g/mol. The molecule has 28 heavy (non-hydrogen) atoms. The van der Waals surface area contributed by atoms with Gasteiger partial charge in [0, 0.05) is 24.5 Å². The summed E-state index contributed by atoms with van der Waals surface area (Å²) in [6.07, 6.45) is 0. The highest BCUT2D eigenvalue weighted by Crippen LogP contribution is 2.23. The normalized spacial score (nSPS) is 13.9. The highest BCUT2D eigenvalue weighted by Gasteiger charge is 2.17. The lowest BCUT2D eigenvalue weighted by Gasteiger charge is -2.27. The highest BCUT2D eigenvalue weighted by atomic mass is 16.5. The molecule has 9 heteroatoms. The van der Waals surface area contributed by atoms with E-state index in [4.69, 9.17) is 4.74 Å². The first-order valence-electron chi connectivity index (χ1n) is 8.87. The Labute approximate surface area is 161 Å². The van der Waals surface area contributed by atoms with Crippen molar-refractivity contribution in [1.82, 2.24) is 15.0 Å². The van der Waals surface area contributed by atoms with Gasteiger partial charge in [0.05, 0.1) is 13.2 Å². The van der Waals surface area contributed by atoms with Crippen molar-refractivity contribution in [2.24, 2.45) is 0 Å². The Morgan fingerprint density at radius 1 is 0.714 bits per heavy atom. The van der Waals surface area contributed by atoms with Crippen LogP contribution >= 0.6 is 0 Å². The molecule has 0 saturated carbocycles. The number of ether oxygens (including phenoxy) is 1. The fraction of sp³-hybridized carbons (Fsp3) is 0.211. The fourth-order valence-corrected chi connectivity index (χ4v) is 2.73. The second kappa shape index (κ2) is 7.97. The molecule has 1 saturated heterocycles. The maximum absolute atomic E-state index is 9.45. The van der Waals surface area contributed by atoms with Crippen LogP contribution in [0.2, 0.25) is 0 Å². The zero-order chi connectivity index (χ0) is 19.3. The van der Waals surface area contributed by atoms with Crippen LogP contribution in [0.4, 0.5) is 29.2 Å². The molecule has 4 N–H and O–H groups in total. The van der Waals surface area contributed by atoms with Gasteiger partial charge < -0.3 is 30.5 Å². The van der Waals surface area contributed by atoms with Crippen LogP contribution in [0.25, 0.3) is 0 Å². The molecule has 1 aliphatic rings. The van der Waals surface area contributed by atoms with Gasteiger partial charge in [0.2, 0.25) is 17.8 Å². The molecule has 0 bridgehead atoms. The summed E-state index contributed by atoms with van der Waals surface area (Å²) in [4.78, 5) is 15.5. The summed E-state index contributed by atoms with van der Waals surface area (Å²) in [6.45, 7) is 2.63. The van der Waals surface area contributed by atoms with E-state index in [1.54, 1.807) is 48.5 Å². The van der Waals surface area contributed by atoms with Gasteiger partial charge in [-0.1, -0.05) is 0 Å². The number of nitrogens with one attached hydrogen (secondary N) is 2. The fourth-order valence-electron chi connectivity index (χ4n) is 2.73. The summed E-state index contributed by atoms with van der Waals surface area (Å²) < 4.78 is 5.40. The van der Waals surface area contributed by atoms with Crippen LogP contribution in [-0.2, 0) is 4.74 Å². The topological polar surface area (TPSA) is 116 Å². The number of aromatic hydroxyl groups is 2. The summed E-state index contributed by atoms with van der Waals surface area (Å²) in [7, 11) is 0. The SMILES string of the molecule is Oc1ccc(Nc2nc(Nc3ccc(O)cc3)nc(N3CCOCC3)n2)cc1. The molecule has 0 amide bonds. The van der Waals surface area contributed by atoms with Gasteiger partial charge in [0.1, 0.15) is 11.5 Å². The van der Waals surface area contributed by atoms with Crippen LogP contribution < -0.4 is 15.5 Å². The van der Waals surface area contributed by atoms with Gasteiger partial charge in [-0.15, -0.1) is 0 Å². The Morgan fingerprint density at radius 2 is 1.18 bits per heavy atom. The van der Waals surface area contributed by atoms with Gasteiger partial charge in [-0.05, 0) is 48.5 Å². The lowest BCUT2D eigenvalue weighted by atomic mass is 10.3. The van der Waals surface area contributed by atoms with Crippen LogP contribution in [0, 0.1) is 0 Å². The number of morpholine rings is 1. The van der Waals surface area contributed by atoms with Crippen molar-refractivity contribution in [3.63, 3.8) is 0 Å². The van der Waals surface area contributed by atoms with Crippen LogP contribution in [-0.4, -0.2) is 51.5 Å². The van der Waals surface area contributed by atoms with Crippen molar-refractivity contribution in [2.45, 2.75) is 0 Å². The number of benzene rings is 2. The molecule has 9 nitrogen and oxygen atoms in total. The molecule has 0 radical (unpaired) electrons. The smallest absolute Gasteiger partial charge is 0.233 e. The van der Waals surface area contributed by atoms with Crippen LogP contribution in [0.1, 0.15) is 0 Å². The molecular weight excluding hydrogens is 360 g/mol. The average Bonchev–Trinajstić information content (AvgIpc) is 2.72. The standard InChI is InChI=1S/C19H20N6O3/c26-15-5-1-13(2-6-15)20-17-22-18(21-14-3-7-16(27)8-4-14)24-19(23-17)25-9-11-28-12-10-25/h1-8,26-27H,9-12H2,(H2,20,21,22,23,24). The molecule has 2 heterocycles. The monoisotopic (exact) mass is 380 g/mol. The van der Waals surface area contributed by atoms with Crippen molar-refractivity contribution in [2.75, 3.05) is 41.8 Å². The van der Waals surface area contributed by atoms with Crippen molar-refractivity contribution >= 4 is 29.2 Å². The zero-order valence-corrected chi connectivity index (χ0v) is 15.0. The molecule has 2 aromatic carbocycles. The van der Waals surface area contributed by atoms with E-state index in [-0.39, 0.29) is 11.5 Å². The minimum absolute atomic E-state index is 0.185. The van der Waals surface area contributed by atoms with Crippen LogP contribution in [0.5, 0.6) is 11.5 Å². The van der Waals surface area contributed by atoms with E-state index in [0.29, 0.717) is 44.1 Å². The molecule has 3 aromatic rings.